The molecule has 1 aromatic rings. The molecule has 1 aromatic carbocycles. The van der Waals surface area contributed by atoms with Crippen molar-refractivity contribution in [3.8, 4) is 11.5 Å². The molecule has 1 aliphatic rings. The lowest BCUT2D eigenvalue weighted by molar-refractivity contribution is -0.144. The molecule has 0 saturated carbocycles. The van der Waals surface area contributed by atoms with Gasteiger partial charge in [0.05, 0.1) is 6.10 Å². The normalized spacial score (nSPS) is 23.6. The first-order valence-corrected chi connectivity index (χ1v) is 6.15. The summed E-state index contributed by atoms with van der Waals surface area (Å²) >= 11 is 0. The minimum atomic E-state index is -1.03. The van der Waals surface area contributed by atoms with Gasteiger partial charge in [-0.05, 0) is 24.5 Å². The monoisotopic (exact) mass is 267 g/mol. The van der Waals surface area contributed by atoms with Gasteiger partial charge in [0.1, 0.15) is 17.5 Å². The number of carboxylic acid groups (broad SMARTS) is 1. The zero-order valence-electron chi connectivity index (χ0n) is 10.4. The zero-order chi connectivity index (χ0) is 14.0. The third-order valence-electron chi connectivity index (χ3n) is 3.46. The zero-order valence-corrected chi connectivity index (χ0v) is 10.4. The first kappa shape index (κ1) is 13.6. The van der Waals surface area contributed by atoms with Gasteiger partial charge in [-0.25, -0.2) is 0 Å². The van der Waals surface area contributed by atoms with Gasteiger partial charge in [0, 0.05) is 19.2 Å². The van der Waals surface area contributed by atoms with E-state index in [9.17, 15) is 20.1 Å². The number of hydrogen-bond acceptors (Lipinski definition) is 5. The van der Waals surface area contributed by atoms with Crippen LogP contribution in [0.25, 0.3) is 0 Å². The molecule has 0 aromatic heterocycles. The van der Waals surface area contributed by atoms with E-state index in [1.54, 1.807) is 11.0 Å². The maximum Gasteiger partial charge on any atom is 0.323 e. The molecule has 104 valence electrons. The summed E-state index contributed by atoms with van der Waals surface area (Å²) in [6.45, 7) is 0.962. The summed E-state index contributed by atoms with van der Waals surface area (Å²) in [4.78, 5) is 12.8. The second-order valence-corrected chi connectivity index (χ2v) is 4.74. The molecule has 6 heteroatoms. The predicted molar refractivity (Wildman–Crippen MR) is 67.1 cm³/mol. The largest absolute Gasteiger partial charge is 0.508 e. The highest BCUT2D eigenvalue weighted by molar-refractivity contribution is 5.74. The standard InChI is InChI=1S/C13H17NO5/c15-9-2-1-8(11(17)7-9)3-5-14-6-4-10(16)12(14)13(18)19/h1-2,7,10,12,15-17H,3-6H2,(H,18,19)/t10?,12-/m0/s1. The highest BCUT2D eigenvalue weighted by Crippen LogP contribution is 2.24. The van der Waals surface area contributed by atoms with Crippen molar-refractivity contribution in [3.05, 3.63) is 23.8 Å². The minimum Gasteiger partial charge on any atom is -0.508 e. The van der Waals surface area contributed by atoms with E-state index in [4.69, 9.17) is 5.11 Å². The maximum atomic E-state index is 11.1. The van der Waals surface area contributed by atoms with Crippen LogP contribution in [0.2, 0.25) is 0 Å². The number of aromatic hydroxyl groups is 2. The molecule has 1 aliphatic heterocycles. The Morgan fingerprint density at radius 2 is 2.11 bits per heavy atom. The molecular formula is C13H17NO5. The third-order valence-corrected chi connectivity index (χ3v) is 3.46. The molecule has 4 N–H and O–H groups in total. The van der Waals surface area contributed by atoms with E-state index in [0.29, 0.717) is 31.5 Å². The van der Waals surface area contributed by atoms with Crippen molar-refractivity contribution < 1.29 is 25.2 Å². The van der Waals surface area contributed by atoms with E-state index < -0.39 is 18.1 Å². The van der Waals surface area contributed by atoms with Crippen LogP contribution in [0.4, 0.5) is 0 Å². The Bertz CT molecular complexity index is 476. The number of aliphatic hydroxyl groups is 1. The molecule has 0 spiro atoms. The molecule has 0 aliphatic carbocycles. The number of aliphatic carboxylic acids is 1. The van der Waals surface area contributed by atoms with E-state index in [0.717, 1.165) is 0 Å². The average Bonchev–Trinajstić information content (AvgIpc) is 2.69. The van der Waals surface area contributed by atoms with Gasteiger partial charge in [-0.2, -0.15) is 0 Å². The van der Waals surface area contributed by atoms with Crippen LogP contribution in [0.5, 0.6) is 11.5 Å². The number of carbonyl (C=O) groups is 1. The van der Waals surface area contributed by atoms with Crippen molar-refractivity contribution in [1.82, 2.24) is 4.90 Å². The molecule has 1 heterocycles. The van der Waals surface area contributed by atoms with Crippen LogP contribution < -0.4 is 0 Å². The van der Waals surface area contributed by atoms with Crippen LogP contribution in [-0.4, -0.2) is 56.5 Å². The second-order valence-electron chi connectivity index (χ2n) is 4.74. The van der Waals surface area contributed by atoms with Gasteiger partial charge in [-0.15, -0.1) is 0 Å². The van der Waals surface area contributed by atoms with Crippen LogP contribution in [0.3, 0.4) is 0 Å². The SMILES string of the molecule is O=C(O)[C@@H]1C(O)CCN1CCc1ccc(O)cc1O. The Labute approximate surface area is 110 Å². The number of phenols is 2. The van der Waals surface area contributed by atoms with E-state index >= 15 is 0 Å². The molecule has 1 saturated heterocycles. The summed E-state index contributed by atoms with van der Waals surface area (Å²) in [5, 5.41) is 37.5. The fraction of sp³-hybridized carbons (Fsp3) is 0.462. The van der Waals surface area contributed by atoms with Gasteiger partial charge < -0.3 is 20.4 Å². The van der Waals surface area contributed by atoms with E-state index in [2.05, 4.69) is 0 Å². The Kier molecular flexibility index (Phi) is 3.92. The summed E-state index contributed by atoms with van der Waals surface area (Å²) in [6, 6.07) is 3.46. The van der Waals surface area contributed by atoms with Gasteiger partial charge >= 0.3 is 5.97 Å². The number of nitrogens with zero attached hydrogens (tertiary/aromatic N) is 1. The number of rotatable bonds is 4. The van der Waals surface area contributed by atoms with Gasteiger partial charge in [0.2, 0.25) is 0 Å². The molecule has 0 radical (unpaired) electrons. The number of benzene rings is 1. The van der Waals surface area contributed by atoms with Crippen molar-refractivity contribution in [2.75, 3.05) is 13.1 Å². The molecule has 2 atom stereocenters. The van der Waals surface area contributed by atoms with Gasteiger partial charge in [-0.1, -0.05) is 6.07 Å². The van der Waals surface area contributed by atoms with Gasteiger partial charge in [-0.3, -0.25) is 9.69 Å². The summed E-state index contributed by atoms with van der Waals surface area (Å²) in [5.41, 5.74) is 0.642. The number of aliphatic hydroxyl groups excluding tert-OH is 1. The fourth-order valence-electron chi connectivity index (χ4n) is 2.44. The highest BCUT2D eigenvalue weighted by Gasteiger charge is 2.37. The van der Waals surface area contributed by atoms with Gasteiger partial charge in [0.15, 0.2) is 0 Å². The molecule has 1 unspecified atom stereocenters. The predicted octanol–water partition coefficient (Wildman–Crippen LogP) is 0.160. The molecule has 1 fully saturated rings. The lowest BCUT2D eigenvalue weighted by Gasteiger charge is -2.22. The minimum absolute atomic E-state index is 0.00776. The summed E-state index contributed by atoms with van der Waals surface area (Å²) in [5.74, 6) is -1.05. The quantitative estimate of drug-likeness (QED) is 0.620. The lowest BCUT2D eigenvalue weighted by atomic mass is 10.1. The van der Waals surface area contributed by atoms with Crippen LogP contribution in [0, 0.1) is 0 Å². The summed E-state index contributed by atoms with van der Waals surface area (Å²) in [7, 11) is 0. The van der Waals surface area contributed by atoms with Crippen molar-refractivity contribution in [3.63, 3.8) is 0 Å². The van der Waals surface area contributed by atoms with Crippen molar-refractivity contribution in [2.45, 2.75) is 25.0 Å². The number of likely N-dealkylation sites (tertiary alicyclic amines) is 1. The van der Waals surface area contributed by atoms with Crippen LogP contribution in [0.1, 0.15) is 12.0 Å². The van der Waals surface area contributed by atoms with Crippen molar-refractivity contribution in [2.24, 2.45) is 0 Å². The van der Waals surface area contributed by atoms with Crippen molar-refractivity contribution >= 4 is 5.97 Å². The summed E-state index contributed by atoms with van der Waals surface area (Å²) in [6.07, 6.45) is 0.0622. The van der Waals surface area contributed by atoms with Crippen LogP contribution in [0.15, 0.2) is 18.2 Å². The summed E-state index contributed by atoms with van der Waals surface area (Å²) < 4.78 is 0. The fourth-order valence-corrected chi connectivity index (χ4v) is 2.44. The smallest absolute Gasteiger partial charge is 0.323 e. The first-order chi connectivity index (χ1) is 8.99. The Morgan fingerprint density at radius 1 is 1.37 bits per heavy atom. The number of hydrogen-bond donors (Lipinski definition) is 4. The average molecular weight is 267 g/mol. The number of carboxylic acids is 1. The topological polar surface area (TPSA) is 101 Å². The Morgan fingerprint density at radius 3 is 2.74 bits per heavy atom. The Hall–Kier alpha value is -1.79. The third kappa shape index (κ3) is 2.97. The molecule has 6 nitrogen and oxygen atoms in total. The Balaban J connectivity index is 2.00. The second kappa shape index (κ2) is 5.46. The molecule has 19 heavy (non-hydrogen) atoms. The molecule has 0 amide bonds. The molecular weight excluding hydrogens is 250 g/mol. The first-order valence-electron chi connectivity index (χ1n) is 6.15. The van der Waals surface area contributed by atoms with E-state index in [1.807, 2.05) is 0 Å². The van der Waals surface area contributed by atoms with E-state index in [-0.39, 0.29) is 11.5 Å². The maximum absolute atomic E-state index is 11.1. The highest BCUT2D eigenvalue weighted by atomic mass is 16.4. The molecule has 2 rings (SSSR count). The molecule has 0 bridgehead atoms. The van der Waals surface area contributed by atoms with Crippen LogP contribution in [-0.2, 0) is 11.2 Å². The van der Waals surface area contributed by atoms with E-state index in [1.165, 1.54) is 12.1 Å². The van der Waals surface area contributed by atoms with Crippen molar-refractivity contribution in [1.29, 1.82) is 0 Å². The van der Waals surface area contributed by atoms with Gasteiger partial charge in [0.25, 0.3) is 0 Å². The van der Waals surface area contributed by atoms with Crippen LogP contribution >= 0.6 is 0 Å². The lowest BCUT2D eigenvalue weighted by Crippen LogP contribution is -2.42. The number of phenolic OH excluding ortho intramolecular Hbond substituents is 2.